The molecule has 0 radical (unpaired) electrons. The van der Waals surface area contributed by atoms with Crippen molar-refractivity contribution in [3.63, 3.8) is 0 Å². The van der Waals surface area contributed by atoms with E-state index in [2.05, 4.69) is 78.4 Å². The predicted molar refractivity (Wildman–Crippen MR) is 431 cm³/mol. The third-order valence-electron chi connectivity index (χ3n) is 19.2. The van der Waals surface area contributed by atoms with Crippen LogP contribution in [0.2, 0.25) is 5.02 Å². The van der Waals surface area contributed by atoms with Crippen LogP contribution in [0, 0.1) is 5.92 Å². The van der Waals surface area contributed by atoms with Gasteiger partial charge in [-0.1, -0.05) is 104 Å². The zero-order valence-electron chi connectivity index (χ0n) is 67.6. The number of carbonyl (C=O) groups is 11. The zero-order valence-corrected chi connectivity index (χ0v) is 68.3. The number of fused-ring (bicyclic) bond motifs is 2. The Hall–Kier alpha value is -12.0. The maximum absolute atomic E-state index is 15.3. The number of carbonyl (C=O) groups excluding carboxylic acids is 11. The number of aliphatic hydroxyl groups excluding tert-OH is 1. The molecule has 3 heterocycles. The van der Waals surface area contributed by atoms with Crippen molar-refractivity contribution in [1.82, 2.24) is 84.0 Å². The number of likely N-dealkylation sites (tertiary alicyclic amines) is 1. The minimum atomic E-state index is -5.02. The lowest BCUT2D eigenvalue weighted by Gasteiger charge is -2.31. The summed E-state index contributed by atoms with van der Waals surface area (Å²) < 4.78 is 161. The molecule has 17 N–H and O–H groups in total. The van der Waals surface area contributed by atoms with Gasteiger partial charge < -0.3 is 89.8 Å². The molecule has 6 aromatic rings. The average Bonchev–Trinajstić information content (AvgIpc) is 1.63. The van der Waals surface area contributed by atoms with Gasteiger partial charge in [0.2, 0.25) is 65.0 Å². The molecular formula is C80H98ClF12N19O12. The molecule has 7 rings (SSSR count). The Kier molecular flexibility index (Phi) is 37.1. The molecule has 1 saturated heterocycles. The number of hydrogen-bond donors (Lipinski definition) is 16. The number of H-pyrrole nitrogens is 1. The number of nitrogens with zero attached hydrogens (tertiary/aromatic N) is 4. The number of pyridine rings is 1. The van der Waals surface area contributed by atoms with Gasteiger partial charge in [0.1, 0.15) is 86.6 Å². The number of benzene rings is 4. The Labute approximate surface area is 708 Å². The topological polar surface area (TPSA) is 447 Å². The van der Waals surface area contributed by atoms with Gasteiger partial charge in [0.15, 0.2) is 11.9 Å². The van der Waals surface area contributed by atoms with Crippen molar-refractivity contribution in [2.24, 2.45) is 21.6 Å². The maximum Gasteiger partial charge on any atom is 0.408 e. The summed E-state index contributed by atoms with van der Waals surface area (Å²) in [4.78, 5) is 172. The van der Waals surface area contributed by atoms with Gasteiger partial charge >= 0.3 is 24.7 Å². The fourth-order valence-electron chi connectivity index (χ4n) is 13.1. The van der Waals surface area contributed by atoms with Crippen molar-refractivity contribution >= 4 is 110 Å². The molecule has 4 aromatic carbocycles. The molecule has 2 aromatic heterocycles. The highest BCUT2D eigenvalue weighted by atomic mass is 35.5. The molecule has 31 nitrogen and oxygen atoms in total. The van der Waals surface area contributed by atoms with E-state index in [1.807, 2.05) is 36.4 Å². The first-order valence-electron chi connectivity index (χ1n) is 39.3. The van der Waals surface area contributed by atoms with Gasteiger partial charge in [0.25, 0.3) is 0 Å². The van der Waals surface area contributed by atoms with Crippen LogP contribution in [-0.4, -0.2) is 234 Å². The Bertz CT molecular complexity index is 4700. The molecule has 0 saturated carbocycles. The first-order chi connectivity index (χ1) is 58.4. The van der Waals surface area contributed by atoms with E-state index >= 15 is 9.59 Å². The van der Waals surface area contributed by atoms with Gasteiger partial charge in [-0.25, -0.2) is 9.98 Å². The van der Waals surface area contributed by atoms with Gasteiger partial charge in [-0.3, -0.25) is 57.7 Å². The third kappa shape index (κ3) is 34.0. The molecule has 11 amide bonds. The molecule has 0 spiro atoms. The number of aliphatic imine (C=N–C) groups is 2. The summed E-state index contributed by atoms with van der Waals surface area (Å²) >= 11 is 6.22. The van der Waals surface area contributed by atoms with Crippen molar-refractivity contribution in [2.45, 2.75) is 183 Å². The summed E-state index contributed by atoms with van der Waals surface area (Å²) in [5.74, 6) is -13.8. The number of aliphatic hydroxyl groups is 1. The molecule has 0 unspecified atom stereocenters. The standard InChI is InChI=1S/C80H98ClF12N19O12/c1-44(2)31-58(67(117)106-57(74(124)112-30-12-20-64(112)73(123)103-45(3)65(94)115)19-11-29-97-76(101-42-79(88,89)90)102-43-80(91,92)93)107-71(121)62(36-52-38-98-55-17-8-7-16-54(52)55)110-66(116)56(18-10-28-96-75(99-40-77(82,83)84)100-41-78(85,86)87)105-72(122)63(39-113)111-70(120)61(35-49-13-9-27-95-37-49)109-69(119)60(33-47-22-25-53(81)26-23-47)108-68(118)59(104-46(4)114)34-48-21-24-50-14-5-6-15-51(50)32-48/h5-9,13-17,21-27,32,37-38,44-45,56-64,98,113H,10-12,18-20,28-31,33-36,39-43H2,1-4H3,(H2,94,115)(H,103,123)(H,104,114)(H,105,122)(H,106,117)(H,107,121)(H,108,118)(H,109,119)(H,110,116)(H,111,120)(H2,96,99,100)(H2,97,101,102)/t45-,56+,57+,58+,59-,60-,61-,62-,63+,64+/m1/s1. The molecule has 10 atom stereocenters. The van der Waals surface area contributed by atoms with E-state index in [4.69, 9.17) is 17.3 Å². The molecule has 0 bridgehead atoms. The van der Waals surface area contributed by atoms with Crippen LogP contribution in [0.25, 0.3) is 21.7 Å². The Morgan fingerprint density at radius 1 is 0.532 bits per heavy atom. The number of hydrogen-bond acceptors (Lipinski definition) is 15. The van der Waals surface area contributed by atoms with Crippen molar-refractivity contribution in [3.8, 4) is 0 Å². The first kappa shape index (κ1) is 99.1. The lowest BCUT2D eigenvalue weighted by atomic mass is 9.99. The molecule has 1 aliphatic rings. The van der Waals surface area contributed by atoms with Crippen LogP contribution >= 0.6 is 11.6 Å². The largest absolute Gasteiger partial charge is 0.408 e. The molecule has 0 aliphatic carbocycles. The summed E-state index contributed by atoms with van der Waals surface area (Å²) in [7, 11) is 0. The predicted octanol–water partition coefficient (Wildman–Crippen LogP) is 4.44. The second-order valence-electron chi connectivity index (χ2n) is 29.8. The highest BCUT2D eigenvalue weighted by molar-refractivity contribution is 6.30. The van der Waals surface area contributed by atoms with Gasteiger partial charge in [0.05, 0.1) is 6.61 Å². The molecule has 676 valence electrons. The highest BCUT2D eigenvalue weighted by Crippen LogP contribution is 2.25. The lowest BCUT2D eigenvalue weighted by molar-refractivity contribution is -0.142. The number of primary amides is 1. The van der Waals surface area contributed by atoms with Gasteiger partial charge in [-0.15, -0.1) is 0 Å². The van der Waals surface area contributed by atoms with E-state index in [9.17, 15) is 101 Å². The van der Waals surface area contributed by atoms with E-state index in [0.717, 1.165) is 15.7 Å². The van der Waals surface area contributed by atoms with E-state index in [0.29, 0.717) is 38.2 Å². The zero-order chi connectivity index (χ0) is 91.2. The molecule has 1 aliphatic heterocycles. The number of halogens is 13. The van der Waals surface area contributed by atoms with Crippen LogP contribution in [0.4, 0.5) is 52.7 Å². The number of rotatable bonds is 42. The number of para-hydroxylation sites is 1. The molecular weight excluding hydrogens is 1680 g/mol. The van der Waals surface area contributed by atoms with Crippen molar-refractivity contribution in [3.05, 3.63) is 149 Å². The van der Waals surface area contributed by atoms with Gasteiger partial charge in [-0.2, -0.15) is 52.7 Å². The van der Waals surface area contributed by atoms with Crippen molar-refractivity contribution in [2.75, 3.05) is 52.4 Å². The summed E-state index contributed by atoms with van der Waals surface area (Å²) in [5, 5.41) is 44.4. The number of aromatic amines is 1. The van der Waals surface area contributed by atoms with E-state index < -0.39 is 246 Å². The van der Waals surface area contributed by atoms with Crippen LogP contribution in [-0.2, 0) is 78.4 Å². The minimum Gasteiger partial charge on any atom is -0.394 e. The fraction of sp³-hybridized carbons (Fsp3) is 0.475. The normalized spacial score (nSPS) is 15.6. The van der Waals surface area contributed by atoms with Crippen molar-refractivity contribution in [1.29, 1.82) is 0 Å². The van der Waals surface area contributed by atoms with E-state index in [1.165, 1.54) is 56.7 Å². The van der Waals surface area contributed by atoms with Crippen LogP contribution < -0.4 is 74.9 Å². The summed E-state index contributed by atoms with van der Waals surface area (Å²) in [6.07, 6.45) is -19.0. The number of alkyl halides is 12. The second kappa shape index (κ2) is 46.4. The first-order valence-corrected chi connectivity index (χ1v) is 39.7. The number of guanidine groups is 2. The van der Waals surface area contributed by atoms with E-state index in [1.54, 1.807) is 66.9 Å². The van der Waals surface area contributed by atoms with Gasteiger partial charge in [-0.05, 0) is 115 Å². The fourth-order valence-corrected chi connectivity index (χ4v) is 13.2. The molecule has 1 fully saturated rings. The van der Waals surface area contributed by atoms with Crippen LogP contribution in [0.3, 0.4) is 0 Å². The second-order valence-corrected chi connectivity index (χ2v) is 30.2. The summed E-state index contributed by atoms with van der Waals surface area (Å²) in [6.45, 7) is -4.46. The summed E-state index contributed by atoms with van der Waals surface area (Å²) in [6, 6.07) is 12.0. The average molecular weight is 1780 g/mol. The van der Waals surface area contributed by atoms with Crippen LogP contribution in [0.5, 0.6) is 0 Å². The smallest absolute Gasteiger partial charge is 0.394 e. The Balaban J connectivity index is 1.21. The molecule has 124 heavy (non-hydrogen) atoms. The summed E-state index contributed by atoms with van der Waals surface area (Å²) in [5.41, 5.74) is 7.57. The van der Waals surface area contributed by atoms with Crippen LogP contribution in [0.1, 0.15) is 94.9 Å². The number of aromatic nitrogens is 2. The lowest BCUT2D eigenvalue weighted by Crippen LogP contribution is -2.61. The number of nitrogens with one attached hydrogen (secondary N) is 14. The monoisotopic (exact) mass is 1780 g/mol. The Morgan fingerprint density at radius 2 is 1.01 bits per heavy atom. The maximum atomic E-state index is 15.3. The quantitative estimate of drug-likeness (QED) is 0.0109. The molecule has 44 heteroatoms. The number of nitrogens with two attached hydrogens (primary N) is 1. The number of amides is 11. The van der Waals surface area contributed by atoms with Crippen molar-refractivity contribution < 1.29 is 111 Å². The van der Waals surface area contributed by atoms with E-state index in [-0.39, 0.29) is 45.1 Å². The SMILES string of the molecule is CC(=O)N[C@H](Cc1ccc2ccccc2c1)C(=O)N[C@H](Cc1ccc(Cl)cc1)C(=O)N[C@H](Cc1cccnc1)C(=O)N[C@@H](CO)C(=O)N[C@@H](CCCNC(=NCC(F)(F)F)NCC(F)(F)F)C(=O)N[C@H](Cc1c[nH]c2ccccc12)C(=O)N[C@@H](CC(C)C)C(=O)N[C@@H](CCCNC(=NCC(F)(F)F)NCC(F)(F)F)C(=O)N1CCC[C@H]1C(=O)N[C@H](C)C(N)=O. The van der Waals surface area contributed by atoms with Gasteiger partial charge in [0, 0.05) is 86.8 Å². The minimum absolute atomic E-state index is 0.0161. The highest BCUT2D eigenvalue weighted by Gasteiger charge is 2.42. The third-order valence-corrected chi connectivity index (χ3v) is 19.4. The van der Waals surface area contributed by atoms with Crippen LogP contribution in [0.15, 0.2) is 132 Å². The Morgan fingerprint density at radius 3 is 1.55 bits per heavy atom.